The predicted molar refractivity (Wildman–Crippen MR) is 78.3 cm³/mol. The van der Waals surface area contributed by atoms with Gasteiger partial charge in [-0.1, -0.05) is 0 Å². The lowest BCUT2D eigenvalue weighted by Gasteiger charge is -2.21. The molecule has 1 aliphatic rings. The molecule has 6 heteroatoms. The van der Waals surface area contributed by atoms with Gasteiger partial charge in [0.2, 0.25) is 11.6 Å². The largest absolute Gasteiger partial charge is 0.507 e. The molecular formula is C16H16O6. The number of hydrogen-bond acceptors (Lipinski definition) is 6. The second-order valence-electron chi connectivity index (χ2n) is 4.91. The molecule has 0 atom stereocenters. The van der Waals surface area contributed by atoms with Crippen molar-refractivity contribution in [3.63, 3.8) is 0 Å². The number of aliphatic hydroxyl groups is 1. The van der Waals surface area contributed by atoms with Crippen molar-refractivity contribution in [3.05, 3.63) is 28.8 Å². The lowest BCUT2D eigenvalue weighted by molar-refractivity contribution is -0.117. The van der Waals surface area contributed by atoms with Crippen molar-refractivity contribution in [1.29, 1.82) is 0 Å². The van der Waals surface area contributed by atoms with E-state index in [0.29, 0.717) is 0 Å². The van der Waals surface area contributed by atoms with Crippen molar-refractivity contribution in [2.24, 2.45) is 0 Å². The standard InChI is InChI=1S/C16H16O6/c1-8(17)4-5-9-14(18)12-10(21-2)6-7-11(22-3)13(12)16(20)15(9)19/h6-7,18H,4-5H2,1-3H3. The number of carbonyl (C=O) groups is 3. The third kappa shape index (κ3) is 2.47. The number of rotatable bonds is 5. The summed E-state index contributed by atoms with van der Waals surface area (Å²) in [5.41, 5.74) is 0.0418. The quantitative estimate of drug-likeness (QED) is 0.838. The molecule has 0 amide bonds. The summed E-state index contributed by atoms with van der Waals surface area (Å²) in [4.78, 5) is 35.7. The molecule has 6 nitrogen and oxygen atoms in total. The van der Waals surface area contributed by atoms with E-state index < -0.39 is 11.6 Å². The van der Waals surface area contributed by atoms with Crippen LogP contribution < -0.4 is 9.47 Å². The first-order valence-electron chi connectivity index (χ1n) is 6.68. The molecule has 116 valence electrons. The van der Waals surface area contributed by atoms with Crippen LogP contribution in [0.1, 0.15) is 35.7 Å². The normalized spacial score (nSPS) is 14.0. The summed E-state index contributed by atoms with van der Waals surface area (Å²) >= 11 is 0. The van der Waals surface area contributed by atoms with Crippen molar-refractivity contribution in [1.82, 2.24) is 0 Å². The maximum Gasteiger partial charge on any atom is 0.237 e. The summed E-state index contributed by atoms with van der Waals surface area (Å²) in [6.07, 6.45) is 0.0750. The predicted octanol–water partition coefficient (Wildman–Crippen LogP) is 2.11. The second-order valence-corrected chi connectivity index (χ2v) is 4.91. The van der Waals surface area contributed by atoms with Crippen molar-refractivity contribution in [3.8, 4) is 11.5 Å². The highest BCUT2D eigenvalue weighted by Gasteiger charge is 2.37. The van der Waals surface area contributed by atoms with E-state index in [4.69, 9.17) is 9.47 Å². The van der Waals surface area contributed by atoms with E-state index >= 15 is 0 Å². The Morgan fingerprint density at radius 2 is 1.59 bits per heavy atom. The van der Waals surface area contributed by atoms with E-state index in [1.54, 1.807) is 6.07 Å². The number of allylic oxidation sites excluding steroid dienone is 1. The van der Waals surface area contributed by atoms with Gasteiger partial charge >= 0.3 is 0 Å². The van der Waals surface area contributed by atoms with Gasteiger partial charge in [0.15, 0.2) is 0 Å². The third-order valence-electron chi connectivity index (χ3n) is 3.53. The van der Waals surface area contributed by atoms with Crippen LogP contribution in [-0.2, 0) is 9.59 Å². The molecule has 1 aromatic rings. The summed E-state index contributed by atoms with van der Waals surface area (Å²) in [6.45, 7) is 1.38. The Morgan fingerprint density at radius 3 is 2.09 bits per heavy atom. The zero-order valence-electron chi connectivity index (χ0n) is 12.6. The Morgan fingerprint density at radius 1 is 1.05 bits per heavy atom. The molecule has 0 unspecified atom stereocenters. The zero-order chi connectivity index (χ0) is 16.4. The number of ketones is 3. The number of benzene rings is 1. The average Bonchev–Trinajstić information content (AvgIpc) is 2.50. The van der Waals surface area contributed by atoms with Gasteiger partial charge in [0, 0.05) is 12.0 Å². The minimum atomic E-state index is -0.821. The fourth-order valence-corrected chi connectivity index (χ4v) is 2.41. The van der Waals surface area contributed by atoms with Crippen LogP contribution in [0.5, 0.6) is 11.5 Å². The highest BCUT2D eigenvalue weighted by atomic mass is 16.5. The van der Waals surface area contributed by atoms with Crippen LogP contribution in [0.25, 0.3) is 5.76 Å². The van der Waals surface area contributed by atoms with E-state index in [9.17, 15) is 19.5 Å². The summed E-state index contributed by atoms with van der Waals surface area (Å²) in [7, 11) is 2.76. The van der Waals surface area contributed by atoms with E-state index in [2.05, 4.69) is 0 Å². The number of aliphatic hydroxyl groups excluding tert-OH is 1. The summed E-state index contributed by atoms with van der Waals surface area (Å²) in [5, 5.41) is 10.4. The average molecular weight is 304 g/mol. The molecule has 0 aliphatic heterocycles. The fourth-order valence-electron chi connectivity index (χ4n) is 2.41. The van der Waals surface area contributed by atoms with Gasteiger partial charge in [-0.3, -0.25) is 9.59 Å². The molecule has 1 aromatic carbocycles. The minimum Gasteiger partial charge on any atom is -0.507 e. The minimum absolute atomic E-state index is 0.00550. The number of methoxy groups -OCH3 is 2. The lowest BCUT2D eigenvalue weighted by Crippen LogP contribution is -2.25. The molecule has 0 heterocycles. The number of Topliss-reactive ketones (excluding diaryl/α,β-unsaturated/α-hetero) is 3. The third-order valence-corrected chi connectivity index (χ3v) is 3.53. The van der Waals surface area contributed by atoms with E-state index in [0.717, 1.165) is 0 Å². The van der Waals surface area contributed by atoms with Gasteiger partial charge in [-0.25, -0.2) is 0 Å². The summed E-state index contributed by atoms with van der Waals surface area (Å²) in [5.74, 6) is -1.62. The Labute approximate surface area is 127 Å². The highest BCUT2D eigenvalue weighted by Crippen LogP contribution is 2.40. The SMILES string of the molecule is COc1ccc(OC)c2c1C(=O)C(=O)C(CCC(C)=O)=C2O. The molecule has 0 spiro atoms. The van der Waals surface area contributed by atoms with Crippen molar-refractivity contribution < 1.29 is 29.0 Å². The van der Waals surface area contributed by atoms with Crippen LogP contribution in [0.2, 0.25) is 0 Å². The second kappa shape index (κ2) is 6.01. The van der Waals surface area contributed by atoms with Crippen molar-refractivity contribution in [2.45, 2.75) is 19.8 Å². The number of ether oxygens (including phenoxy) is 2. The molecular weight excluding hydrogens is 288 g/mol. The van der Waals surface area contributed by atoms with Gasteiger partial charge in [0.1, 0.15) is 23.0 Å². The van der Waals surface area contributed by atoms with Crippen LogP contribution in [0.4, 0.5) is 0 Å². The number of carbonyl (C=O) groups excluding carboxylic acids is 3. The van der Waals surface area contributed by atoms with Crippen molar-refractivity contribution >= 4 is 23.1 Å². The maximum absolute atomic E-state index is 12.3. The first-order chi connectivity index (χ1) is 10.4. The number of hydrogen-bond donors (Lipinski definition) is 1. The van der Waals surface area contributed by atoms with Gasteiger partial charge in [0.05, 0.1) is 25.3 Å². The number of fused-ring (bicyclic) bond motifs is 1. The molecule has 1 N–H and O–H groups in total. The molecule has 0 bridgehead atoms. The first-order valence-corrected chi connectivity index (χ1v) is 6.68. The molecule has 0 saturated carbocycles. The Bertz CT molecular complexity index is 699. The monoisotopic (exact) mass is 304 g/mol. The molecule has 2 rings (SSSR count). The van der Waals surface area contributed by atoms with Gasteiger partial charge in [-0.2, -0.15) is 0 Å². The van der Waals surface area contributed by atoms with Crippen LogP contribution in [0.3, 0.4) is 0 Å². The summed E-state index contributed by atoms with van der Waals surface area (Å²) < 4.78 is 10.3. The van der Waals surface area contributed by atoms with Crippen molar-refractivity contribution in [2.75, 3.05) is 14.2 Å². The topological polar surface area (TPSA) is 89.9 Å². The first kappa shape index (κ1) is 15.8. The lowest BCUT2D eigenvalue weighted by atomic mass is 9.85. The van der Waals surface area contributed by atoms with E-state index in [-0.39, 0.29) is 52.6 Å². The zero-order valence-corrected chi connectivity index (χ0v) is 12.6. The highest BCUT2D eigenvalue weighted by molar-refractivity contribution is 6.52. The maximum atomic E-state index is 12.3. The van der Waals surface area contributed by atoms with Gasteiger partial charge in [-0.05, 0) is 25.5 Å². The van der Waals surface area contributed by atoms with E-state index in [1.807, 2.05) is 0 Å². The molecule has 22 heavy (non-hydrogen) atoms. The Hall–Kier alpha value is -2.63. The smallest absolute Gasteiger partial charge is 0.237 e. The Balaban J connectivity index is 2.69. The fraction of sp³-hybridized carbons (Fsp3) is 0.312. The summed E-state index contributed by atoms with van der Waals surface area (Å²) in [6, 6.07) is 3.04. The molecule has 0 radical (unpaired) electrons. The molecule has 0 saturated heterocycles. The van der Waals surface area contributed by atoms with Crippen LogP contribution >= 0.6 is 0 Å². The van der Waals surface area contributed by atoms with Gasteiger partial charge in [-0.15, -0.1) is 0 Å². The van der Waals surface area contributed by atoms with E-state index in [1.165, 1.54) is 27.2 Å². The van der Waals surface area contributed by atoms with Gasteiger partial charge < -0.3 is 19.4 Å². The molecule has 0 aromatic heterocycles. The molecule has 1 aliphatic carbocycles. The van der Waals surface area contributed by atoms with Crippen LogP contribution in [0, 0.1) is 0 Å². The van der Waals surface area contributed by atoms with Gasteiger partial charge in [0.25, 0.3) is 0 Å². The van der Waals surface area contributed by atoms with Crippen LogP contribution in [-0.4, -0.2) is 36.7 Å². The Kier molecular flexibility index (Phi) is 4.30. The van der Waals surface area contributed by atoms with Crippen LogP contribution in [0.15, 0.2) is 17.7 Å². The molecule has 0 fully saturated rings.